The Kier molecular flexibility index (Phi) is 5.91. The van der Waals surface area contributed by atoms with E-state index in [1.807, 2.05) is 47.8 Å². The third-order valence-electron chi connectivity index (χ3n) is 4.86. The van der Waals surface area contributed by atoms with Crippen molar-refractivity contribution in [1.29, 1.82) is 0 Å². The van der Waals surface area contributed by atoms with Crippen LogP contribution in [0.25, 0.3) is 0 Å². The fourth-order valence-electron chi connectivity index (χ4n) is 3.56. The van der Waals surface area contributed by atoms with E-state index in [1.165, 1.54) is 18.3 Å². The van der Waals surface area contributed by atoms with Crippen LogP contribution in [0.15, 0.2) is 47.8 Å². The van der Waals surface area contributed by atoms with Crippen molar-refractivity contribution >= 4 is 29.1 Å². The summed E-state index contributed by atoms with van der Waals surface area (Å²) in [5, 5.41) is 14.3. The van der Waals surface area contributed by atoms with Crippen molar-refractivity contribution in [1.82, 2.24) is 10.2 Å². The second-order valence-electron chi connectivity index (χ2n) is 6.73. The highest BCUT2D eigenvalue weighted by molar-refractivity contribution is 7.10. The van der Waals surface area contributed by atoms with Crippen LogP contribution in [0.5, 0.6) is 0 Å². The lowest BCUT2D eigenvalue weighted by molar-refractivity contribution is -0.141. The summed E-state index contributed by atoms with van der Waals surface area (Å²) in [4.78, 5) is 38.6. The minimum Gasteiger partial charge on any atom is -0.481 e. The molecule has 2 aromatic rings. The number of benzene rings is 1. The van der Waals surface area contributed by atoms with Crippen molar-refractivity contribution in [2.24, 2.45) is 5.92 Å². The average Bonchev–Trinajstić information content (AvgIpc) is 3.31. The molecule has 0 radical (unpaired) electrons. The van der Waals surface area contributed by atoms with E-state index >= 15 is 0 Å². The first-order valence-electron chi connectivity index (χ1n) is 8.81. The molecule has 1 saturated heterocycles. The first kappa shape index (κ1) is 19.1. The number of aliphatic carboxylic acids is 1. The highest BCUT2D eigenvalue weighted by Gasteiger charge is 2.40. The van der Waals surface area contributed by atoms with E-state index in [0.717, 1.165) is 10.4 Å². The number of hydrogen-bond donors (Lipinski definition) is 2. The van der Waals surface area contributed by atoms with Gasteiger partial charge in [0.15, 0.2) is 0 Å². The maximum absolute atomic E-state index is 12.9. The Bertz CT molecular complexity index is 807. The third-order valence-corrected chi connectivity index (χ3v) is 5.85. The molecular formula is C20H22N2O4S. The van der Waals surface area contributed by atoms with Crippen LogP contribution in [0.2, 0.25) is 0 Å². The summed E-state index contributed by atoms with van der Waals surface area (Å²) in [6, 6.07) is 12.8. The summed E-state index contributed by atoms with van der Waals surface area (Å²) < 4.78 is 0. The maximum Gasteiger partial charge on any atom is 0.308 e. The molecule has 27 heavy (non-hydrogen) atoms. The molecule has 0 aliphatic carbocycles. The molecule has 2 heterocycles. The molecule has 0 saturated carbocycles. The molecule has 3 atom stereocenters. The predicted molar refractivity (Wildman–Crippen MR) is 102 cm³/mol. The smallest absolute Gasteiger partial charge is 0.308 e. The van der Waals surface area contributed by atoms with Crippen molar-refractivity contribution in [3.8, 4) is 0 Å². The van der Waals surface area contributed by atoms with Crippen LogP contribution in [0.4, 0.5) is 0 Å². The van der Waals surface area contributed by atoms with Gasteiger partial charge in [0.1, 0.15) is 0 Å². The molecule has 0 spiro atoms. The van der Waals surface area contributed by atoms with Crippen LogP contribution in [0, 0.1) is 5.92 Å². The van der Waals surface area contributed by atoms with Crippen LogP contribution in [0.3, 0.4) is 0 Å². The molecule has 1 unspecified atom stereocenters. The SMILES string of the molecule is CC(=O)NC(CC(=O)N1C[C@H](C(=O)O)[C@H](c2ccccc2)C1)c1cccs1. The van der Waals surface area contributed by atoms with E-state index in [-0.39, 0.29) is 30.7 Å². The Labute approximate surface area is 161 Å². The highest BCUT2D eigenvalue weighted by atomic mass is 32.1. The van der Waals surface area contributed by atoms with Gasteiger partial charge in [-0.1, -0.05) is 36.4 Å². The minimum atomic E-state index is -0.893. The van der Waals surface area contributed by atoms with Gasteiger partial charge in [0, 0.05) is 30.8 Å². The molecule has 2 N–H and O–H groups in total. The number of carbonyl (C=O) groups is 3. The van der Waals surface area contributed by atoms with E-state index in [9.17, 15) is 19.5 Å². The zero-order valence-corrected chi connectivity index (χ0v) is 15.8. The van der Waals surface area contributed by atoms with Crippen molar-refractivity contribution in [3.05, 3.63) is 58.3 Å². The Morgan fingerprint density at radius 3 is 2.52 bits per heavy atom. The Morgan fingerprint density at radius 1 is 1.19 bits per heavy atom. The molecule has 1 aliphatic rings. The number of amides is 2. The number of thiophene rings is 1. The summed E-state index contributed by atoms with van der Waals surface area (Å²) >= 11 is 1.48. The molecule has 1 aliphatic heterocycles. The third kappa shape index (κ3) is 4.54. The molecule has 1 aromatic carbocycles. The van der Waals surface area contributed by atoms with Gasteiger partial charge in [-0.2, -0.15) is 0 Å². The van der Waals surface area contributed by atoms with Gasteiger partial charge >= 0.3 is 5.97 Å². The maximum atomic E-state index is 12.9. The first-order chi connectivity index (χ1) is 13.0. The second-order valence-corrected chi connectivity index (χ2v) is 7.71. The summed E-state index contributed by atoms with van der Waals surface area (Å²) in [5.41, 5.74) is 0.928. The largest absolute Gasteiger partial charge is 0.481 e. The Balaban J connectivity index is 1.74. The molecule has 7 heteroatoms. The van der Waals surface area contributed by atoms with Crippen LogP contribution in [0.1, 0.15) is 35.7 Å². The molecule has 1 fully saturated rings. The summed E-state index contributed by atoms with van der Waals surface area (Å²) in [6.07, 6.45) is 0.119. The minimum absolute atomic E-state index is 0.119. The number of likely N-dealkylation sites (tertiary alicyclic amines) is 1. The topological polar surface area (TPSA) is 86.7 Å². The Hall–Kier alpha value is -2.67. The van der Waals surface area contributed by atoms with E-state index in [2.05, 4.69) is 5.32 Å². The first-order valence-corrected chi connectivity index (χ1v) is 9.69. The number of nitrogens with zero attached hydrogens (tertiary/aromatic N) is 1. The van der Waals surface area contributed by atoms with Gasteiger partial charge in [-0.15, -0.1) is 11.3 Å². The Morgan fingerprint density at radius 2 is 1.93 bits per heavy atom. The predicted octanol–water partition coefficient (Wildman–Crippen LogP) is 2.64. The summed E-state index contributed by atoms with van der Waals surface area (Å²) in [5.74, 6) is -2.10. The van der Waals surface area contributed by atoms with Gasteiger partial charge in [0.05, 0.1) is 18.4 Å². The van der Waals surface area contributed by atoms with E-state index in [0.29, 0.717) is 6.54 Å². The van der Waals surface area contributed by atoms with Crippen molar-refractivity contribution in [2.45, 2.75) is 25.3 Å². The van der Waals surface area contributed by atoms with Crippen molar-refractivity contribution in [2.75, 3.05) is 13.1 Å². The van der Waals surface area contributed by atoms with Gasteiger partial charge < -0.3 is 15.3 Å². The van der Waals surface area contributed by atoms with Crippen LogP contribution < -0.4 is 5.32 Å². The number of carboxylic acids is 1. The second kappa shape index (κ2) is 8.35. The number of nitrogens with one attached hydrogen (secondary N) is 1. The molecule has 3 rings (SSSR count). The fraction of sp³-hybridized carbons (Fsp3) is 0.350. The highest BCUT2D eigenvalue weighted by Crippen LogP contribution is 2.34. The van der Waals surface area contributed by atoms with E-state index in [1.54, 1.807) is 4.90 Å². The molecule has 142 valence electrons. The number of carbonyl (C=O) groups excluding carboxylic acids is 2. The zero-order valence-electron chi connectivity index (χ0n) is 15.0. The zero-order chi connectivity index (χ0) is 19.4. The van der Waals surface area contributed by atoms with Gasteiger partial charge in [-0.05, 0) is 17.0 Å². The fourth-order valence-corrected chi connectivity index (χ4v) is 4.33. The molecule has 0 bridgehead atoms. The lowest BCUT2D eigenvalue weighted by atomic mass is 9.89. The van der Waals surface area contributed by atoms with E-state index in [4.69, 9.17) is 0 Å². The number of carboxylic acid groups (broad SMARTS) is 1. The standard InChI is InChI=1S/C20H22N2O4S/c1-13(23)21-17(18-8-5-9-27-18)10-19(24)22-11-15(16(12-22)20(25)26)14-6-3-2-4-7-14/h2-9,15-17H,10-12H2,1H3,(H,21,23)(H,25,26)/t15-,16-,17?/m0/s1. The van der Waals surface area contributed by atoms with Crippen LogP contribution >= 0.6 is 11.3 Å². The van der Waals surface area contributed by atoms with Crippen molar-refractivity contribution in [3.63, 3.8) is 0 Å². The molecular weight excluding hydrogens is 364 g/mol. The van der Waals surface area contributed by atoms with E-state index < -0.39 is 17.9 Å². The van der Waals surface area contributed by atoms with Crippen molar-refractivity contribution < 1.29 is 19.5 Å². The van der Waals surface area contributed by atoms with Crippen LogP contribution in [-0.2, 0) is 14.4 Å². The van der Waals surface area contributed by atoms with Gasteiger partial charge in [0.2, 0.25) is 11.8 Å². The van der Waals surface area contributed by atoms with Gasteiger partial charge in [-0.25, -0.2) is 0 Å². The van der Waals surface area contributed by atoms with Gasteiger partial charge in [-0.3, -0.25) is 14.4 Å². The van der Waals surface area contributed by atoms with Gasteiger partial charge in [0.25, 0.3) is 0 Å². The van der Waals surface area contributed by atoms with Crippen LogP contribution in [-0.4, -0.2) is 40.9 Å². The molecule has 1 aromatic heterocycles. The monoisotopic (exact) mass is 386 g/mol. The summed E-state index contributed by atoms with van der Waals surface area (Å²) in [6.45, 7) is 1.98. The summed E-state index contributed by atoms with van der Waals surface area (Å²) in [7, 11) is 0. The lowest BCUT2D eigenvalue weighted by Crippen LogP contribution is -2.35. The number of hydrogen-bond acceptors (Lipinski definition) is 4. The quantitative estimate of drug-likeness (QED) is 0.799. The molecule has 2 amide bonds. The molecule has 6 nitrogen and oxygen atoms in total. The number of rotatable bonds is 6. The average molecular weight is 386 g/mol. The normalized spacial score (nSPS) is 20.3. The lowest BCUT2D eigenvalue weighted by Gasteiger charge is -2.21.